The van der Waals surface area contributed by atoms with Crippen molar-refractivity contribution in [3.05, 3.63) is 77.5 Å². The SMILES string of the molecule is C=CCC[C@H](O)CN(CCC)Cc1c(C)nn(-c2ccc(Cl)cc2)c1Oc1ccccc1OC. The predicted molar refractivity (Wildman–Crippen MR) is 137 cm³/mol. The molecule has 0 spiro atoms. The minimum atomic E-state index is -0.422. The van der Waals surface area contributed by atoms with Crippen LogP contribution in [0.15, 0.2) is 61.2 Å². The zero-order valence-corrected chi connectivity index (χ0v) is 21.0. The van der Waals surface area contributed by atoms with Gasteiger partial charge in [0, 0.05) is 18.1 Å². The molecule has 7 heteroatoms. The van der Waals surface area contributed by atoms with Gasteiger partial charge in [0.05, 0.1) is 30.2 Å². The average Bonchev–Trinajstić information content (AvgIpc) is 3.13. The minimum absolute atomic E-state index is 0.422. The highest BCUT2D eigenvalue weighted by atomic mass is 35.5. The second-order valence-electron chi connectivity index (χ2n) is 8.27. The third-order valence-corrected chi connectivity index (χ3v) is 5.83. The zero-order valence-electron chi connectivity index (χ0n) is 20.2. The van der Waals surface area contributed by atoms with E-state index in [-0.39, 0.29) is 0 Å². The molecule has 0 fully saturated rings. The lowest BCUT2D eigenvalue weighted by molar-refractivity contribution is 0.102. The maximum atomic E-state index is 10.5. The number of nitrogens with zero attached hydrogens (tertiary/aromatic N) is 3. The van der Waals surface area contributed by atoms with Crippen LogP contribution in [0.2, 0.25) is 5.02 Å². The van der Waals surface area contributed by atoms with Gasteiger partial charge in [0.25, 0.3) is 0 Å². The molecule has 182 valence electrons. The van der Waals surface area contributed by atoms with Gasteiger partial charge in [-0.15, -0.1) is 6.58 Å². The number of hydrogen-bond acceptors (Lipinski definition) is 5. The Morgan fingerprint density at radius 2 is 1.88 bits per heavy atom. The third-order valence-electron chi connectivity index (χ3n) is 5.58. The fraction of sp³-hybridized carbons (Fsp3) is 0.370. The molecule has 1 heterocycles. The molecule has 0 aliphatic rings. The number of ether oxygens (including phenoxy) is 2. The standard InChI is InChI=1S/C27H34ClN3O3/c1-5-7-10-23(32)18-30(17-6-2)19-24-20(3)29-31(22-15-13-21(28)14-16-22)27(24)34-26-12-9-8-11-25(26)33-4/h5,8-9,11-16,23,32H,1,6-7,10,17-19H2,2-4H3/t23-/m0/s1. The van der Waals surface area contributed by atoms with E-state index >= 15 is 0 Å². The molecule has 0 aliphatic carbocycles. The second-order valence-corrected chi connectivity index (χ2v) is 8.70. The summed E-state index contributed by atoms with van der Waals surface area (Å²) in [7, 11) is 1.62. The van der Waals surface area contributed by atoms with Gasteiger partial charge in [-0.2, -0.15) is 5.10 Å². The smallest absolute Gasteiger partial charge is 0.227 e. The van der Waals surface area contributed by atoms with Gasteiger partial charge in [0.15, 0.2) is 11.5 Å². The van der Waals surface area contributed by atoms with Crippen molar-refractivity contribution in [1.29, 1.82) is 0 Å². The van der Waals surface area contributed by atoms with Crippen molar-refractivity contribution in [2.75, 3.05) is 20.2 Å². The van der Waals surface area contributed by atoms with E-state index in [2.05, 4.69) is 18.4 Å². The fourth-order valence-electron chi connectivity index (χ4n) is 3.86. The Hall–Kier alpha value is -2.80. The van der Waals surface area contributed by atoms with Crippen LogP contribution >= 0.6 is 11.6 Å². The second kappa shape index (κ2) is 12.6. The largest absolute Gasteiger partial charge is 0.493 e. The van der Waals surface area contributed by atoms with Gasteiger partial charge in [-0.3, -0.25) is 4.90 Å². The quantitative estimate of drug-likeness (QED) is 0.294. The molecular weight excluding hydrogens is 450 g/mol. The maximum absolute atomic E-state index is 10.5. The number of allylic oxidation sites excluding steroid dienone is 1. The van der Waals surface area contributed by atoms with E-state index in [1.54, 1.807) is 11.8 Å². The maximum Gasteiger partial charge on any atom is 0.227 e. The number of aromatic nitrogens is 2. The zero-order chi connectivity index (χ0) is 24.5. The van der Waals surface area contributed by atoms with Gasteiger partial charge in [0.2, 0.25) is 5.88 Å². The molecule has 34 heavy (non-hydrogen) atoms. The highest BCUT2D eigenvalue weighted by Gasteiger charge is 2.23. The van der Waals surface area contributed by atoms with Crippen LogP contribution < -0.4 is 9.47 Å². The fourth-order valence-corrected chi connectivity index (χ4v) is 3.99. The van der Waals surface area contributed by atoms with E-state index in [1.165, 1.54) is 0 Å². The van der Waals surface area contributed by atoms with E-state index in [1.807, 2.05) is 61.5 Å². The summed E-state index contributed by atoms with van der Waals surface area (Å²) >= 11 is 6.12. The highest BCUT2D eigenvalue weighted by molar-refractivity contribution is 6.30. The monoisotopic (exact) mass is 483 g/mol. The van der Waals surface area contributed by atoms with Gasteiger partial charge in [0.1, 0.15) is 0 Å². The molecule has 1 N–H and O–H groups in total. The van der Waals surface area contributed by atoms with Crippen molar-refractivity contribution in [1.82, 2.24) is 14.7 Å². The first kappa shape index (κ1) is 25.8. The summed E-state index contributed by atoms with van der Waals surface area (Å²) in [6.07, 6.45) is 3.87. The number of rotatable bonds is 13. The lowest BCUT2D eigenvalue weighted by Crippen LogP contribution is -2.33. The topological polar surface area (TPSA) is 59.8 Å². The number of hydrogen-bond donors (Lipinski definition) is 1. The van der Waals surface area contributed by atoms with Crippen LogP contribution in [0.1, 0.15) is 37.4 Å². The number of halogens is 1. The Morgan fingerprint density at radius 3 is 2.53 bits per heavy atom. The van der Waals surface area contributed by atoms with E-state index in [4.69, 9.17) is 26.2 Å². The van der Waals surface area contributed by atoms with Crippen molar-refractivity contribution in [3.63, 3.8) is 0 Å². The minimum Gasteiger partial charge on any atom is -0.493 e. The lowest BCUT2D eigenvalue weighted by Gasteiger charge is -2.25. The van der Waals surface area contributed by atoms with Crippen LogP contribution in [0.25, 0.3) is 5.69 Å². The van der Waals surface area contributed by atoms with Gasteiger partial charge in [-0.25, -0.2) is 4.68 Å². The number of aliphatic hydroxyl groups is 1. The van der Waals surface area contributed by atoms with Gasteiger partial charge in [-0.1, -0.05) is 36.7 Å². The van der Waals surface area contributed by atoms with Crippen LogP contribution in [0.3, 0.4) is 0 Å². The Kier molecular flexibility index (Phi) is 9.57. The van der Waals surface area contributed by atoms with E-state index in [0.717, 1.165) is 36.3 Å². The Labute approximate surface area is 207 Å². The van der Waals surface area contributed by atoms with Crippen molar-refractivity contribution in [3.8, 4) is 23.1 Å². The number of methoxy groups -OCH3 is 1. The summed E-state index contributed by atoms with van der Waals surface area (Å²) < 4.78 is 13.8. The van der Waals surface area contributed by atoms with E-state index in [0.29, 0.717) is 41.9 Å². The lowest BCUT2D eigenvalue weighted by atomic mass is 10.1. The summed E-state index contributed by atoms with van der Waals surface area (Å²) in [6.45, 7) is 9.90. The van der Waals surface area contributed by atoms with Crippen LogP contribution in [-0.2, 0) is 6.54 Å². The Balaban J connectivity index is 2.01. The molecule has 0 aliphatic heterocycles. The molecule has 0 bridgehead atoms. The normalized spacial score (nSPS) is 12.1. The van der Waals surface area contributed by atoms with Gasteiger partial charge >= 0.3 is 0 Å². The molecule has 0 unspecified atom stereocenters. The summed E-state index contributed by atoms with van der Waals surface area (Å²) in [5, 5.41) is 16.0. The summed E-state index contributed by atoms with van der Waals surface area (Å²) in [4.78, 5) is 2.25. The van der Waals surface area contributed by atoms with Crippen LogP contribution in [0.5, 0.6) is 17.4 Å². The molecule has 0 radical (unpaired) electrons. The number of para-hydroxylation sites is 2. The predicted octanol–water partition coefficient (Wildman–Crippen LogP) is 6.17. The molecule has 3 rings (SSSR count). The first-order valence-electron chi connectivity index (χ1n) is 11.6. The summed E-state index contributed by atoms with van der Waals surface area (Å²) in [5.41, 5.74) is 2.67. The van der Waals surface area contributed by atoms with Crippen molar-refractivity contribution in [2.45, 2.75) is 45.8 Å². The summed E-state index contributed by atoms with van der Waals surface area (Å²) in [5.74, 6) is 1.86. The average molecular weight is 484 g/mol. The number of aliphatic hydroxyl groups excluding tert-OH is 1. The van der Waals surface area contributed by atoms with Crippen LogP contribution in [-0.4, -0.2) is 46.1 Å². The highest BCUT2D eigenvalue weighted by Crippen LogP contribution is 2.36. The molecule has 3 aromatic rings. The molecular formula is C27H34ClN3O3. The molecule has 1 aromatic heterocycles. The molecule has 0 saturated heterocycles. The molecule has 2 aromatic carbocycles. The summed E-state index contributed by atoms with van der Waals surface area (Å²) in [6, 6.07) is 15.0. The first-order valence-corrected chi connectivity index (χ1v) is 12.0. The molecule has 0 saturated carbocycles. The van der Waals surface area contributed by atoms with Crippen molar-refractivity contribution >= 4 is 11.6 Å². The van der Waals surface area contributed by atoms with Gasteiger partial charge < -0.3 is 14.6 Å². The van der Waals surface area contributed by atoms with Gasteiger partial charge in [-0.05, 0) is 69.1 Å². The van der Waals surface area contributed by atoms with Crippen molar-refractivity contribution < 1.29 is 14.6 Å². The Bertz CT molecular complexity index is 1070. The number of aryl methyl sites for hydroxylation is 1. The van der Waals surface area contributed by atoms with Crippen LogP contribution in [0.4, 0.5) is 0 Å². The van der Waals surface area contributed by atoms with Crippen LogP contribution in [0, 0.1) is 6.92 Å². The first-order chi connectivity index (χ1) is 16.5. The molecule has 6 nitrogen and oxygen atoms in total. The van der Waals surface area contributed by atoms with E-state index in [9.17, 15) is 5.11 Å². The Morgan fingerprint density at radius 1 is 1.18 bits per heavy atom. The number of benzene rings is 2. The third kappa shape index (κ3) is 6.63. The molecule has 1 atom stereocenters. The molecule has 0 amide bonds. The van der Waals surface area contributed by atoms with Crippen molar-refractivity contribution in [2.24, 2.45) is 0 Å². The van der Waals surface area contributed by atoms with E-state index < -0.39 is 6.10 Å².